The second-order valence-corrected chi connectivity index (χ2v) is 17.4. The summed E-state index contributed by atoms with van der Waals surface area (Å²) in [7, 11) is 2.25. The monoisotopic (exact) mass is 581 g/mol. The highest BCUT2D eigenvalue weighted by atomic mass is 16.5. The number of benzene rings is 1. The highest BCUT2D eigenvalue weighted by Gasteiger charge is 2.59. The predicted molar refractivity (Wildman–Crippen MR) is 181 cm³/mol. The van der Waals surface area contributed by atoms with Gasteiger partial charge < -0.3 is 14.2 Å². The first-order valence-corrected chi connectivity index (χ1v) is 17.6. The van der Waals surface area contributed by atoms with E-state index in [1.54, 1.807) is 11.1 Å². The lowest BCUT2D eigenvalue weighted by Crippen LogP contribution is -2.63. The number of hydrogen-bond acceptors (Lipinski definition) is 3. The maximum atomic E-state index is 6.98. The molecule has 1 aromatic carbocycles. The fraction of sp³-hybridized carbons (Fsp3) is 0.842. The Morgan fingerprint density at radius 3 is 2.14 bits per heavy atom. The Morgan fingerprint density at radius 2 is 1.50 bits per heavy atom. The Balaban J connectivity index is 1.34. The Kier molecular flexibility index (Phi) is 10.3. The van der Waals surface area contributed by atoms with Crippen molar-refractivity contribution in [3.05, 3.63) is 29.3 Å². The zero-order valence-electron chi connectivity index (χ0n) is 29.5. The van der Waals surface area contributed by atoms with Gasteiger partial charge in [-0.3, -0.25) is 0 Å². The minimum atomic E-state index is -0.241. The molecule has 0 aliphatic heterocycles. The van der Waals surface area contributed by atoms with Crippen molar-refractivity contribution in [2.24, 2.45) is 33.5 Å². The first-order valence-electron chi connectivity index (χ1n) is 17.6. The van der Waals surface area contributed by atoms with Gasteiger partial charge in [0.05, 0.1) is 18.3 Å². The number of aryl methyl sites for hydroxylation is 1. The molecule has 3 aliphatic carbocycles. The summed E-state index contributed by atoms with van der Waals surface area (Å²) in [5.41, 5.74) is 3.32. The van der Waals surface area contributed by atoms with E-state index >= 15 is 0 Å². The molecule has 0 saturated heterocycles. The van der Waals surface area contributed by atoms with Gasteiger partial charge in [0, 0.05) is 13.2 Å². The van der Waals surface area contributed by atoms with Crippen LogP contribution in [0.5, 0.6) is 5.75 Å². The molecule has 2 fully saturated rings. The molecule has 238 valence electrons. The quantitative estimate of drug-likeness (QED) is 0.193. The van der Waals surface area contributed by atoms with E-state index in [4.69, 9.17) is 14.2 Å². The molecule has 3 aliphatic rings. The molecule has 0 radical (unpaired) electrons. The van der Waals surface area contributed by atoms with Gasteiger partial charge in [-0.1, -0.05) is 88.0 Å². The molecule has 2 saturated carbocycles. The Labute approximate surface area is 261 Å². The molecule has 5 atom stereocenters. The van der Waals surface area contributed by atoms with Crippen LogP contribution in [0.25, 0.3) is 0 Å². The maximum absolute atomic E-state index is 6.98. The van der Waals surface area contributed by atoms with Crippen molar-refractivity contribution in [2.75, 3.05) is 19.8 Å². The van der Waals surface area contributed by atoms with Crippen LogP contribution >= 0.6 is 0 Å². The zero-order chi connectivity index (χ0) is 31.0. The molecule has 0 bridgehead atoms. The summed E-state index contributed by atoms with van der Waals surface area (Å²) in [4.78, 5) is 0. The molecule has 5 unspecified atom stereocenters. The van der Waals surface area contributed by atoms with E-state index in [2.05, 4.69) is 95.3 Å². The van der Waals surface area contributed by atoms with Crippen LogP contribution in [-0.4, -0.2) is 39.4 Å². The van der Waals surface area contributed by atoms with E-state index in [0.717, 1.165) is 50.2 Å². The summed E-state index contributed by atoms with van der Waals surface area (Å²) in [5, 5.41) is 0. The molecular weight excluding hydrogens is 515 g/mol. The third kappa shape index (κ3) is 6.38. The fourth-order valence-electron chi connectivity index (χ4n) is 11.0. The maximum Gasteiger partial charge on any atom is 0.119 e. The van der Waals surface area contributed by atoms with E-state index < -0.39 is 0 Å². The largest absolute Gasteiger partial charge is 0.494 e. The first kappa shape index (κ1) is 33.9. The number of rotatable bonds is 11. The summed E-state index contributed by atoms with van der Waals surface area (Å²) < 4.78 is 19.9. The lowest BCUT2D eigenvalue weighted by molar-refractivity contribution is -0.240. The highest BCUT2D eigenvalue weighted by molar-refractivity contribution is 6.08. The summed E-state index contributed by atoms with van der Waals surface area (Å²) >= 11 is 0. The van der Waals surface area contributed by atoms with Crippen molar-refractivity contribution in [1.29, 1.82) is 0 Å². The zero-order valence-corrected chi connectivity index (χ0v) is 29.5. The van der Waals surface area contributed by atoms with Crippen molar-refractivity contribution >= 4 is 7.85 Å². The van der Waals surface area contributed by atoms with Gasteiger partial charge in [0.2, 0.25) is 0 Å². The van der Waals surface area contributed by atoms with E-state index in [-0.39, 0.29) is 21.8 Å². The van der Waals surface area contributed by atoms with Crippen molar-refractivity contribution in [1.82, 2.24) is 0 Å². The average molecular weight is 581 g/mol. The molecule has 4 rings (SSSR count). The van der Waals surface area contributed by atoms with Crippen LogP contribution < -0.4 is 4.74 Å². The van der Waals surface area contributed by atoms with Crippen LogP contribution in [0.4, 0.5) is 0 Å². The second-order valence-electron chi connectivity index (χ2n) is 17.4. The lowest BCUT2D eigenvalue weighted by Gasteiger charge is -2.60. The number of unbranched alkanes of at least 4 members (excludes halogenated alkanes) is 1. The number of hydrogen-bond donors (Lipinski definition) is 0. The Hall–Kier alpha value is -0.995. The molecule has 0 amide bonds. The van der Waals surface area contributed by atoms with Gasteiger partial charge in [0.25, 0.3) is 0 Å². The van der Waals surface area contributed by atoms with Crippen LogP contribution in [0.15, 0.2) is 18.2 Å². The van der Waals surface area contributed by atoms with Gasteiger partial charge in [-0.25, -0.2) is 0 Å². The first-order chi connectivity index (χ1) is 19.6. The highest BCUT2D eigenvalue weighted by Crippen LogP contribution is 2.62. The molecule has 0 heterocycles. The molecule has 0 aromatic heterocycles. The minimum absolute atomic E-state index is 0.0248. The Bertz CT molecular complexity index is 992. The average Bonchev–Trinajstić information content (AvgIpc) is 3.22. The SMILES string of the molecule is BCCCCOc1ccc2c(c1)CCC1C2CCC2(C)C(OCCCOC(C(C)(C)C)(C(C)(C)C)C(C)(C)C)CCC12. The standard InChI is InChI=1S/C38H65BO3/c1-34(2,3)38(35(4,5)6,36(7,8)9)42-25-13-24-41-33-19-18-32-31-16-14-27-26-28(40-23-12-11-22-39)15-17-29(27)30(31)20-21-37(32,33)10/h15,17,26,30-33H,11-14,16,18-25,39H2,1-10H3. The second kappa shape index (κ2) is 12.8. The van der Waals surface area contributed by atoms with Crippen LogP contribution in [-0.2, 0) is 15.9 Å². The lowest BCUT2D eigenvalue weighted by atomic mass is 9.52. The van der Waals surface area contributed by atoms with Gasteiger partial charge in [-0.05, 0) is 114 Å². The van der Waals surface area contributed by atoms with Crippen molar-refractivity contribution < 1.29 is 14.2 Å². The molecule has 42 heavy (non-hydrogen) atoms. The number of fused-ring (bicyclic) bond motifs is 5. The summed E-state index contributed by atoms with van der Waals surface area (Å²) in [6.45, 7) is 26.1. The van der Waals surface area contributed by atoms with Gasteiger partial charge in [0.1, 0.15) is 13.6 Å². The van der Waals surface area contributed by atoms with E-state index in [1.165, 1.54) is 51.3 Å². The van der Waals surface area contributed by atoms with E-state index in [1.807, 2.05) is 0 Å². The van der Waals surface area contributed by atoms with Crippen LogP contribution in [0, 0.1) is 33.5 Å². The third-order valence-electron chi connectivity index (χ3n) is 11.7. The van der Waals surface area contributed by atoms with Crippen LogP contribution in [0.2, 0.25) is 6.32 Å². The summed E-state index contributed by atoms with van der Waals surface area (Å²) in [6.07, 6.45) is 12.7. The predicted octanol–water partition coefficient (Wildman–Crippen LogP) is 9.42. The summed E-state index contributed by atoms with van der Waals surface area (Å²) in [6, 6.07) is 7.03. The fourth-order valence-corrected chi connectivity index (χ4v) is 11.0. The molecule has 0 spiro atoms. The molecule has 3 nitrogen and oxygen atoms in total. The topological polar surface area (TPSA) is 27.7 Å². The van der Waals surface area contributed by atoms with Gasteiger partial charge in [-0.2, -0.15) is 0 Å². The van der Waals surface area contributed by atoms with E-state index in [9.17, 15) is 0 Å². The van der Waals surface area contributed by atoms with E-state index in [0.29, 0.717) is 17.4 Å². The summed E-state index contributed by atoms with van der Waals surface area (Å²) in [5.74, 6) is 3.38. The van der Waals surface area contributed by atoms with Gasteiger partial charge >= 0.3 is 0 Å². The normalized spacial score (nSPS) is 28.2. The van der Waals surface area contributed by atoms with Crippen molar-refractivity contribution in [3.63, 3.8) is 0 Å². The van der Waals surface area contributed by atoms with Crippen molar-refractivity contribution in [2.45, 2.75) is 151 Å². The van der Waals surface area contributed by atoms with Crippen molar-refractivity contribution in [3.8, 4) is 5.75 Å². The van der Waals surface area contributed by atoms with Crippen LogP contribution in [0.3, 0.4) is 0 Å². The van der Waals surface area contributed by atoms with Gasteiger partial charge in [-0.15, -0.1) is 0 Å². The molecular formula is C38H65BO3. The molecule has 0 N–H and O–H groups in total. The smallest absolute Gasteiger partial charge is 0.119 e. The Morgan fingerprint density at radius 1 is 0.810 bits per heavy atom. The number of ether oxygens (including phenoxy) is 3. The van der Waals surface area contributed by atoms with Crippen LogP contribution in [0.1, 0.15) is 138 Å². The molecule has 4 heteroatoms. The third-order valence-corrected chi connectivity index (χ3v) is 11.7. The minimum Gasteiger partial charge on any atom is -0.494 e. The molecule has 1 aromatic rings. The van der Waals surface area contributed by atoms with Gasteiger partial charge in [0.15, 0.2) is 0 Å².